The normalized spacial score (nSPS) is 11.8. The molecular formula is C36H56N4O7. The number of likely N-dealkylation sites (N-methyl/N-ethyl adjacent to an activating group) is 2. The van der Waals surface area contributed by atoms with Crippen LogP contribution in [0.25, 0.3) is 0 Å². The molecule has 0 saturated heterocycles. The Kier molecular flexibility index (Phi) is 27.2. The van der Waals surface area contributed by atoms with Crippen LogP contribution in [0.4, 0.5) is 0 Å². The molecule has 2 aromatic rings. The summed E-state index contributed by atoms with van der Waals surface area (Å²) in [6.45, 7) is 16.3. The number of benzene rings is 2. The van der Waals surface area contributed by atoms with Crippen LogP contribution in [0.3, 0.4) is 0 Å². The molecule has 47 heavy (non-hydrogen) atoms. The van der Waals surface area contributed by atoms with Crippen molar-refractivity contribution in [1.82, 2.24) is 21.3 Å². The number of terminal acetylenes is 1. The van der Waals surface area contributed by atoms with Gasteiger partial charge >= 0.3 is 0 Å². The van der Waals surface area contributed by atoms with Crippen LogP contribution >= 0.6 is 0 Å². The van der Waals surface area contributed by atoms with Crippen molar-refractivity contribution in [1.29, 1.82) is 0 Å². The van der Waals surface area contributed by atoms with Crippen molar-refractivity contribution in [3.05, 3.63) is 70.8 Å². The Morgan fingerprint density at radius 1 is 0.617 bits per heavy atom. The fourth-order valence-electron chi connectivity index (χ4n) is 3.27. The van der Waals surface area contributed by atoms with Gasteiger partial charge in [0.1, 0.15) is 0 Å². The molecule has 0 saturated carbocycles. The van der Waals surface area contributed by atoms with E-state index in [4.69, 9.17) is 14.2 Å². The first kappa shape index (κ1) is 45.2. The molecule has 11 nitrogen and oxygen atoms in total. The summed E-state index contributed by atoms with van der Waals surface area (Å²) in [7, 11) is 3.86. The number of carbonyl (C=O) groups is 4. The van der Waals surface area contributed by atoms with E-state index in [2.05, 4.69) is 48.0 Å². The fourth-order valence-corrected chi connectivity index (χ4v) is 3.27. The van der Waals surface area contributed by atoms with E-state index in [0.717, 1.165) is 0 Å². The Labute approximate surface area is 281 Å². The Bertz CT molecular complexity index is 1100. The van der Waals surface area contributed by atoms with Gasteiger partial charge in [0.05, 0.1) is 45.8 Å². The Balaban J connectivity index is 0. The van der Waals surface area contributed by atoms with E-state index < -0.39 is 0 Å². The molecule has 0 bridgehead atoms. The van der Waals surface area contributed by atoms with Gasteiger partial charge in [-0.3, -0.25) is 19.2 Å². The van der Waals surface area contributed by atoms with Crippen LogP contribution in [0.5, 0.6) is 0 Å². The highest BCUT2D eigenvalue weighted by atomic mass is 16.5. The Hall–Kier alpha value is -3.92. The van der Waals surface area contributed by atoms with E-state index in [1.807, 2.05) is 34.9 Å². The average molecular weight is 657 g/mol. The van der Waals surface area contributed by atoms with Crippen molar-refractivity contribution in [2.24, 2.45) is 0 Å². The van der Waals surface area contributed by atoms with Crippen molar-refractivity contribution >= 4 is 23.4 Å². The minimum Gasteiger partial charge on any atom is -0.377 e. The van der Waals surface area contributed by atoms with Crippen LogP contribution in [-0.4, -0.2) is 95.4 Å². The number of hydrogen-bond acceptors (Lipinski definition) is 9. The van der Waals surface area contributed by atoms with E-state index in [0.29, 0.717) is 67.4 Å². The van der Waals surface area contributed by atoms with E-state index >= 15 is 0 Å². The van der Waals surface area contributed by atoms with Gasteiger partial charge in [0.25, 0.3) is 11.8 Å². The second-order valence-corrected chi connectivity index (χ2v) is 10.1. The predicted octanol–water partition coefficient (Wildman–Crippen LogP) is 4.13. The molecule has 0 fully saturated rings. The SMILES string of the molecule is C#C.CC.CC(=O)c1ccc(C(=O)NCNC(=O)c2ccc(C(C)=O)cc2)cc1.CNC(C)COCCOCC(C)OCC(C)NC. The topological polar surface area (TPSA) is 144 Å². The zero-order valence-corrected chi connectivity index (χ0v) is 29.6. The molecule has 0 aliphatic heterocycles. The van der Waals surface area contributed by atoms with Gasteiger partial charge in [-0.25, -0.2) is 0 Å². The lowest BCUT2D eigenvalue weighted by Crippen LogP contribution is -2.37. The average Bonchev–Trinajstić information content (AvgIpc) is 3.10. The largest absolute Gasteiger partial charge is 0.377 e. The molecule has 0 aliphatic rings. The van der Waals surface area contributed by atoms with Crippen LogP contribution in [0.15, 0.2) is 48.5 Å². The van der Waals surface area contributed by atoms with Crippen molar-refractivity contribution < 1.29 is 33.4 Å². The monoisotopic (exact) mass is 656 g/mol. The van der Waals surface area contributed by atoms with Crippen LogP contribution in [-0.2, 0) is 14.2 Å². The van der Waals surface area contributed by atoms with Gasteiger partial charge < -0.3 is 35.5 Å². The van der Waals surface area contributed by atoms with Crippen molar-refractivity contribution in [3.8, 4) is 12.8 Å². The summed E-state index contributed by atoms with van der Waals surface area (Å²) in [5, 5.41) is 11.4. The number of ether oxygens (including phenoxy) is 3. The van der Waals surface area contributed by atoms with Crippen LogP contribution in [0, 0.1) is 12.8 Å². The van der Waals surface area contributed by atoms with Crippen LogP contribution in [0.2, 0.25) is 0 Å². The lowest BCUT2D eigenvalue weighted by molar-refractivity contribution is -0.0285. The third kappa shape index (κ3) is 21.5. The van der Waals surface area contributed by atoms with Gasteiger partial charge in [0.2, 0.25) is 0 Å². The summed E-state index contributed by atoms with van der Waals surface area (Å²) in [5.74, 6) is -0.866. The van der Waals surface area contributed by atoms with Crippen molar-refractivity contribution in [3.63, 3.8) is 0 Å². The van der Waals surface area contributed by atoms with E-state index in [-0.39, 0.29) is 36.2 Å². The van der Waals surface area contributed by atoms with E-state index in [1.165, 1.54) is 13.8 Å². The summed E-state index contributed by atoms with van der Waals surface area (Å²) in [6, 6.07) is 13.3. The number of ketones is 2. The number of nitrogens with one attached hydrogen (secondary N) is 4. The summed E-state index contributed by atoms with van der Waals surface area (Å²) in [5.41, 5.74) is 1.84. The maximum absolute atomic E-state index is 12.0. The molecule has 262 valence electrons. The van der Waals surface area contributed by atoms with Crippen molar-refractivity contribution in [2.45, 2.75) is 66.7 Å². The third-order valence-electron chi connectivity index (χ3n) is 6.31. The van der Waals surface area contributed by atoms with Gasteiger partial charge in [-0.2, -0.15) is 0 Å². The molecule has 11 heteroatoms. The summed E-state index contributed by atoms with van der Waals surface area (Å²) in [6.07, 6.45) is 8.12. The smallest absolute Gasteiger partial charge is 0.252 e. The van der Waals surface area contributed by atoms with Crippen LogP contribution in [0.1, 0.15) is 89.9 Å². The highest BCUT2D eigenvalue weighted by Crippen LogP contribution is 2.06. The van der Waals surface area contributed by atoms with Gasteiger partial charge in [-0.05, 0) is 73.0 Å². The van der Waals surface area contributed by atoms with Crippen LogP contribution < -0.4 is 21.3 Å². The first-order valence-corrected chi connectivity index (χ1v) is 15.7. The number of Topliss-reactive ketones (excluding diaryl/α,β-unsaturated/α-hetero) is 2. The zero-order valence-electron chi connectivity index (χ0n) is 29.6. The molecule has 2 rings (SSSR count). The summed E-state index contributed by atoms with van der Waals surface area (Å²) in [4.78, 5) is 46.4. The maximum atomic E-state index is 12.0. The minimum atomic E-state index is -0.359. The second-order valence-electron chi connectivity index (χ2n) is 10.1. The molecule has 0 spiro atoms. The molecule has 2 aromatic carbocycles. The van der Waals surface area contributed by atoms with Gasteiger partial charge in [-0.1, -0.05) is 38.1 Å². The van der Waals surface area contributed by atoms with Crippen molar-refractivity contribution in [2.75, 3.05) is 53.8 Å². The molecule has 4 N–H and O–H groups in total. The number of rotatable bonds is 18. The quantitative estimate of drug-likeness (QED) is 0.0806. The number of amides is 2. The van der Waals surface area contributed by atoms with Gasteiger partial charge in [0, 0.05) is 34.3 Å². The molecule has 0 heterocycles. The molecule has 0 radical (unpaired) electrons. The second kappa shape index (κ2) is 28.3. The minimum absolute atomic E-state index is 0.0411. The molecule has 2 amide bonds. The van der Waals surface area contributed by atoms with E-state index in [1.54, 1.807) is 48.5 Å². The number of hydrogen-bond donors (Lipinski definition) is 4. The lowest BCUT2D eigenvalue weighted by Gasteiger charge is -2.17. The summed E-state index contributed by atoms with van der Waals surface area (Å²) >= 11 is 0. The maximum Gasteiger partial charge on any atom is 0.252 e. The number of carbonyl (C=O) groups excluding carboxylic acids is 4. The Morgan fingerprint density at radius 2 is 0.957 bits per heavy atom. The predicted molar refractivity (Wildman–Crippen MR) is 188 cm³/mol. The highest BCUT2D eigenvalue weighted by molar-refractivity contribution is 5.99. The third-order valence-corrected chi connectivity index (χ3v) is 6.31. The fraction of sp³-hybridized carbons (Fsp3) is 0.500. The molecular weight excluding hydrogens is 600 g/mol. The standard InChI is InChI=1S/C19H18N2O4.C13H30N2O3.C2H6.C2H2/c1-12(22)14-3-7-16(8-4-14)18(24)20-11-21-19(25)17-9-5-15(6-10-17)13(2)23;1-11(14-4)8-16-6-7-17-10-13(3)18-9-12(2)15-5;2*1-2/h3-10H,11H2,1-2H3,(H,20,24)(H,21,25);11-15H,6-10H2,1-5H3;1-2H3;1-2H. The lowest BCUT2D eigenvalue weighted by atomic mass is 10.1. The first-order chi connectivity index (χ1) is 22.5. The first-order valence-electron chi connectivity index (χ1n) is 15.7. The molecule has 3 unspecified atom stereocenters. The zero-order chi connectivity index (χ0) is 36.2. The molecule has 3 atom stereocenters. The van der Waals surface area contributed by atoms with E-state index in [9.17, 15) is 19.2 Å². The van der Waals surface area contributed by atoms with Gasteiger partial charge in [-0.15, -0.1) is 12.8 Å². The Morgan fingerprint density at radius 3 is 1.32 bits per heavy atom. The van der Waals surface area contributed by atoms with Gasteiger partial charge in [0.15, 0.2) is 11.6 Å². The molecule has 0 aromatic heterocycles. The highest BCUT2D eigenvalue weighted by Gasteiger charge is 2.09. The molecule has 0 aliphatic carbocycles. The summed E-state index contributed by atoms with van der Waals surface area (Å²) < 4.78 is 16.5.